The molecule has 4 heteroatoms. The number of fused-ring (bicyclic) bond motifs is 1. The Hall–Kier alpha value is -1.81. The van der Waals surface area contributed by atoms with Crippen molar-refractivity contribution in [1.82, 2.24) is 4.57 Å². The van der Waals surface area contributed by atoms with Crippen LogP contribution in [-0.2, 0) is 18.4 Å². The van der Waals surface area contributed by atoms with Crippen molar-refractivity contribution in [3.8, 4) is 0 Å². The van der Waals surface area contributed by atoms with E-state index in [4.69, 9.17) is 10.8 Å². The summed E-state index contributed by atoms with van der Waals surface area (Å²) in [6, 6.07) is 8.33. The summed E-state index contributed by atoms with van der Waals surface area (Å²) in [7, 11) is 2.04. The third-order valence-electron chi connectivity index (χ3n) is 3.56. The van der Waals surface area contributed by atoms with Crippen LogP contribution in [0.3, 0.4) is 0 Å². The molecule has 0 atom stereocenters. The van der Waals surface area contributed by atoms with Gasteiger partial charge in [0.2, 0.25) is 0 Å². The Morgan fingerprint density at radius 1 is 1.27 bits per heavy atom. The van der Waals surface area contributed by atoms with Crippen LogP contribution in [0, 0.1) is 5.41 Å². The molecule has 3 N–H and O–H groups in total. The molecule has 1 aromatic carbocycles. The molecule has 0 aliphatic heterocycles. The molecule has 0 saturated carbocycles. The zero-order chi connectivity index (χ0) is 16.8. The molecule has 0 aliphatic carbocycles. The van der Waals surface area contributed by atoms with E-state index >= 15 is 0 Å². The van der Waals surface area contributed by atoms with E-state index in [1.54, 1.807) is 0 Å². The molecule has 2 aromatic rings. The average Bonchev–Trinajstić information content (AvgIpc) is 2.79. The van der Waals surface area contributed by atoms with Crippen LogP contribution in [0.2, 0.25) is 0 Å². The Morgan fingerprint density at radius 3 is 2.50 bits per heavy atom. The molecule has 2 rings (SSSR count). The van der Waals surface area contributed by atoms with Crippen molar-refractivity contribution in [3.63, 3.8) is 0 Å². The number of nitrogens with zero attached hydrogens (tertiary/aromatic N) is 1. The minimum absolute atomic E-state index is 0.273. The predicted molar refractivity (Wildman–Crippen MR) is 91.8 cm³/mol. The van der Waals surface area contributed by atoms with Crippen molar-refractivity contribution in [2.75, 3.05) is 0 Å². The number of hydrogen-bond acceptors (Lipinski definition) is 2. The zero-order valence-electron chi connectivity index (χ0n) is 14.1. The first-order valence-electron chi connectivity index (χ1n) is 7.69. The van der Waals surface area contributed by atoms with Gasteiger partial charge >= 0.3 is 5.97 Å². The van der Waals surface area contributed by atoms with Crippen molar-refractivity contribution in [1.29, 1.82) is 0 Å². The average molecular weight is 304 g/mol. The highest BCUT2D eigenvalue weighted by molar-refractivity contribution is 5.83. The summed E-state index contributed by atoms with van der Waals surface area (Å²) < 4.78 is 2.11. The SMILES string of the molecule is CC(C)(C)CCCC(=O)O.Cn1ccc2c(CN)cccc21. The van der Waals surface area contributed by atoms with E-state index in [9.17, 15) is 4.79 Å². The lowest BCUT2D eigenvalue weighted by molar-refractivity contribution is -0.137. The van der Waals surface area contributed by atoms with Gasteiger partial charge in [-0.25, -0.2) is 0 Å². The molecule has 4 nitrogen and oxygen atoms in total. The van der Waals surface area contributed by atoms with E-state index in [1.165, 1.54) is 16.5 Å². The maximum absolute atomic E-state index is 10.1. The molecular formula is C18H28N2O2. The van der Waals surface area contributed by atoms with Gasteiger partial charge in [0.05, 0.1) is 0 Å². The molecular weight excluding hydrogens is 276 g/mol. The lowest BCUT2D eigenvalue weighted by atomic mass is 9.90. The van der Waals surface area contributed by atoms with Crippen LogP contribution in [0.15, 0.2) is 30.5 Å². The van der Waals surface area contributed by atoms with Crippen LogP contribution >= 0.6 is 0 Å². The van der Waals surface area contributed by atoms with Crippen LogP contribution in [0.4, 0.5) is 0 Å². The van der Waals surface area contributed by atoms with Crippen molar-refractivity contribution < 1.29 is 9.90 Å². The van der Waals surface area contributed by atoms with Crippen LogP contribution in [0.5, 0.6) is 0 Å². The van der Waals surface area contributed by atoms with Crippen molar-refractivity contribution in [2.45, 2.75) is 46.6 Å². The second-order valence-corrected chi connectivity index (χ2v) is 6.79. The summed E-state index contributed by atoms with van der Waals surface area (Å²) in [5, 5.41) is 9.58. The second kappa shape index (κ2) is 7.99. The van der Waals surface area contributed by atoms with Crippen LogP contribution in [0.25, 0.3) is 10.9 Å². The number of aromatic nitrogens is 1. The Balaban J connectivity index is 0.000000225. The van der Waals surface area contributed by atoms with Gasteiger partial charge in [-0.05, 0) is 36.0 Å². The minimum atomic E-state index is -0.691. The topological polar surface area (TPSA) is 68.2 Å². The fourth-order valence-electron chi connectivity index (χ4n) is 2.31. The molecule has 0 aliphatic rings. The van der Waals surface area contributed by atoms with E-state index < -0.39 is 5.97 Å². The summed E-state index contributed by atoms with van der Waals surface area (Å²) in [5.41, 5.74) is 8.35. The molecule has 122 valence electrons. The molecule has 0 saturated heterocycles. The van der Waals surface area contributed by atoms with Gasteiger partial charge in [0.1, 0.15) is 0 Å². The number of nitrogens with two attached hydrogens (primary N) is 1. The highest BCUT2D eigenvalue weighted by Gasteiger charge is 2.10. The largest absolute Gasteiger partial charge is 0.481 e. The van der Waals surface area contributed by atoms with Crippen LogP contribution < -0.4 is 5.73 Å². The smallest absolute Gasteiger partial charge is 0.303 e. The third-order valence-corrected chi connectivity index (χ3v) is 3.56. The zero-order valence-corrected chi connectivity index (χ0v) is 14.1. The normalized spacial score (nSPS) is 11.1. The predicted octanol–water partition coefficient (Wildman–Crippen LogP) is 3.92. The summed E-state index contributed by atoms with van der Waals surface area (Å²) >= 11 is 0. The van der Waals surface area contributed by atoms with Gasteiger partial charge in [0, 0.05) is 37.1 Å². The van der Waals surface area contributed by atoms with E-state index in [2.05, 4.69) is 49.7 Å². The first-order valence-corrected chi connectivity index (χ1v) is 7.69. The molecule has 0 bridgehead atoms. The molecule has 0 amide bonds. The van der Waals surface area contributed by atoms with Crippen LogP contribution in [-0.4, -0.2) is 15.6 Å². The monoisotopic (exact) mass is 304 g/mol. The number of carboxylic acids is 1. The van der Waals surface area contributed by atoms with Gasteiger partial charge in [0.25, 0.3) is 0 Å². The summed E-state index contributed by atoms with van der Waals surface area (Å²) in [5.74, 6) is -0.691. The number of carbonyl (C=O) groups is 1. The Bertz CT molecular complexity index is 609. The number of benzene rings is 1. The highest BCUT2D eigenvalue weighted by atomic mass is 16.4. The van der Waals surface area contributed by atoms with E-state index in [1.807, 2.05) is 13.1 Å². The molecule has 0 fully saturated rings. The fourth-order valence-corrected chi connectivity index (χ4v) is 2.31. The summed E-state index contributed by atoms with van der Waals surface area (Å²) in [6.07, 6.45) is 4.14. The van der Waals surface area contributed by atoms with Crippen molar-refractivity contribution >= 4 is 16.9 Å². The number of carboxylic acid groups (broad SMARTS) is 1. The van der Waals surface area contributed by atoms with Gasteiger partial charge in [0.15, 0.2) is 0 Å². The quantitative estimate of drug-likeness (QED) is 0.899. The Kier molecular flexibility index (Phi) is 6.62. The highest BCUT2D eigenvalue weighted by Crippen LogP contribution is 2.21. The van der Waals surface area contributed by atoms with E-state index in [-0.39, 0.29) is 5.41 Å². The molecule has 22 heavy (non-hydrogen) atoms. The maximum atomic E-state index is 10.1. The summed E-state index contributed by atoms with van der Waals surface area (Å²) in [6.45, 7) is 6.97. The third kappa shape index (κ3) is 5.90. The lowest BCUT2D eigenvalue weighted by Crippen LogP contribution is -2.05. The van der Waals surface area contributed by atoms with Crippen molar-refractivity contribution in [2.24, 2.45) is 18.2 Å². The number of hydrogen-bond donors (Lipinski definition) is 2. The lowest BCUT2D eigenvalue weighted by Gasteiger charge is -2.16. The van der Waals surface area contributed by atoms with Crippen molar-refractivity contribution in [3.05, 3.63) is 36.0 Å². The van der Waals surface area contributed by atoms with Gasteiger partial charge in [-0.3, -0.25) is 4.79 Å². The first-order chi connectivity index (χ1) is 10.2. The van der Waals surface area contributed by atoms with E-state index in [0.717, 1.165) is 12.8 Å². The van der Waals surface area contributed by atoms with Gasteiger partial charge in [-0.2, -0.15) is 0 Å². The molecule has 0 spiro atoms. The van der Waals surface area contributed by atoms with Gasteiger partial charge in [-0.15, -0.1) is 0 Å². The Labute approximate surface area is 132 Å². The Morgan fingerprint density at radius 2 is 1.95 bits per heavy atom. The van der Waals surface area contributed by atoms with E-state index in [0.29, 0.717) is 13.0 Å². The summed E-state index contributed by atoms with van der Waals surface area (Å²) in [4.78, 5) is 10.1. The fraction of sp³-hybridized carbons (Fsp3) is 0.500. The number of aliphatic carboxylic acids is 1. The maximum Gasteiger partial charge on any atom is 0.303 e. The standard InChI is InChI=1S/C10H12N2.C8H16O2/c1-12-6-5-9-8(7-11)3-2-4-10(9)12;1-8(2,3)6-4-5-7(9)10/h2-6H,7,11H2,1H3;4-6H2,1-3H3,(H,9,10). The second-order valence-electron chi connectivity index (χ2n) is 6.79. The minimum Gasteiger partial charge on any atom is -0.481 e. The molecule has 1 aromatic heterocycles. The van der Waals surface area contributed by atoms with Crippen LogP contribution in [0.1, 0.15) is 45.6 Å². The molecule has 0 unspecified atom stereocenters. The van der Waals surface area contributed by atoms with Gasteiger partial charge in [-0.1, -0.05) is 32.9 Å². The molecule has 0 radical (unpaired) electrons. The number of rotatable bonds is 4. The number of aryl methyl sites for hydroxylation is 1. The molecule has 1 heterocycles. The van der Waals surface area contributed by atoms with Gasteiger partial charge < -0.3 is 15.4 Å². The first kappa shape index (κ1) is 18.2.